The number of carbonyl (C=O) groups is 3. The number of likely N-dealkylation sites (tertiary alicyclic amines) is 1. The first-order valence-electron chi connectivity index (χ1n) is 8.12. The Kier molecular flexibility index (Phi) is 6.84. The number of amides is 1. The van der Waals surface area contributed by atoms with E-state index in [1.54, 1.807) is 20.8 Å². The minimum absolute atomic E-state index is 0.0878. The summed E-state index contributed by atoms with van der Waals surface area (Å²) in [5, 5.41) is 0. The fourth-order valence-corrected chi connectivity index (χ4v) is 2.66. The van der Waals surface area contributed by atoms with E-state index in [0.29, 0.717) is 0 Å². The van der Waals surface area contributed by atoms with E-state index in [-0.39, 0.29) is 32.5 Å². The first-order valence-corrected chi connectivity index (χ1v) is 8.12. The van der Waals surface area contributed by atoms with Crippen LogP contribution < -0.4 is 0 Å². The molecule has 1 heterocycles. The molecule has 1 fully saturated rings. The molecule has 1 saturated heterocycles. The summed E-state index contributed by atoms with van der Waals surface area (Å²) in [6.45, 7) is 6.68. The number of piperidine rings is 1. The van der Waals surface area contributed by atoms with Gasteiger partial charge in [0.1, 0.15) is 11.5 Å². The lowest BCUT2D eigenvalue weighted by atomic mass is 9.81. The molecule has 0 aliphatic carbocycles. The number of ketones is 1. The molecule has 1 aliphatic rings. The van der Waals surface area contributed by atoms with Crippen molar-refractivity contribution >= 4 is 17.8 Å². The fraction of sp³-hybridized carbons (Fsp3) is 0.812. The molecule has 0 radical (unpaired) electrons. The van der Waals surface area contributed by atoms with Crippen molar-refractivity contribution in [2.24, 2.45) is 11.8 Å². The molecule has 0 spiro atoms. The van der Waals surface area contributed by atoms with Crippen molar-refractivity contribution in [3.8, 4) is 0 Å². The summed E-state index contributed by atoms with van der Waals surface area (Å²) in [4.78, 5) is 36.9. The number of ether oxygens (including phenoxy) is 2. The maximum absolute atomic E-state index is 12.8. The van der Waals surface area contributed by atoms with Gasteiger partial charge in [-0.15, -0.1) is 0 Å². The predicted octanol–water partition coefficient (Wildman–Crippen LogP) is 2.94. The molecule has 6 nitrogen and oxygen atoms in total. The molecule has 144 valence electrons. The molecule has 0 aromatic rings. The van der Waals surface area contributed by atoms with Crippen LogP contribution in [0.25, 0.3) is 0 Å². The SMILES string of the molecule is CCOC(=O)C(C(=O)C(F)(F)F)C1CCN(C(=O)OC(C)(C)C)CC1. The summed E-state index contributed by atoms with van der Waals surface area (Å²) >= 11 is 0. The highest BCUT2D eigenvalue weighted by molar-refractivity contribution is 6.02. The molecule has 9 heteroatoms. The quantitative estimate of drug-likeness (QED) is 0.564. The first-order chi connectivity index (χ1) is 11.4. The Morgan fingerprint density at radius 3 is 2.04 bits per heavy atom. The van der Waals surface area contributed by atoms with Crippen LogP contribution in [0.15, 0.2) is 0 Å². The Bertz CT molecular complexity index is 505. The number of carbonyl (C=O) groups excluding carboxylic acids is 3. The molecule has 0 bridgehead atoms. The zero-order valence-electron chi connectivity index (χ0n) is 14.8. The van der Waals surface area contributed by atoms with Gasteiger partial charge >= 0.3 is 18.2 Å². The lowest BCUT2D eigenvalue weighted by molar-refractivity contribution is -0.184. The molecule has 1 rings (SSSR count). The smallest absolute Gasteiger partial charge is 0.450 e. The summed E-state index contributed by atoms with van der Waals surface area (Å²) in [6.07, 6.45) is -5.50. The number of hydrogen-bond donors (Lipinski definition) is 0. The second-order valence-corrected chi connectivity index (χ2v) is 6.90. The molecule has 1 amide bonds. The summed E-state index contributed by atoms with van der Waals surface area (Å²) in [5.74, 6) is -5.98. The number of esters is 1. The van der Waals surface area contributed by atoms with Gasteiger partial charge in [0.2, 0.25) is 0 Å². The van der Waals surface area contributed by atoms with E-state index in [2.05, 4.69) is 4.74 Å². The average Bonchev–Trinajstić information content (AvgIpc) is 2.45. The monoisotopic (exact) mass is 367 g/mol. The Morgan fingerprint density at radius 2 is 1.64 bits per heavy atom. The van der Waals surface area contributed by atoms with Crippen LogP contribution >= 0.6 is 0 Å². The summed E-state index contributed by atoms with van der Waals surface area (Å²) < 4.78 is 48.3. The summed E-state index contributed by atoms with van der Waals surface area (Å²) in [6, 6.07) is 0. The highest BCUT2D eigenvalue weighted by atomic mass is 19.4. The van der Waals surface area contributed by atoms with Crippen molar-refractivity contribution < 1.29 is 37.0 Å². The number of rotatable bonds is 4. The van der Waals surface area contributed by atoms with Crippen molar-refractivity contribution in [1.82, 2.24) is 4.90 Å². The molecule has 25 heavy (non-hydrogen) atoms. The van der Waals surface area contributed by atoms with Gasteiger partial charge < -0.3 is 14.4 Å². The van der Waals surface area contributed by atoms with Crippen LogP contribution in [0.1, 0.15) is 40.5 Å². The van der Waals surface area contributed by atoms with Crippen LogP contribution in [-0.4, -0.2) is 54.2 Å². The van der Waals surface area contributed by atoms with Gasteiger partial charge in [-0.3, -0.25) is 9.59 Å². The third-order valence-electron chi connectivity index (χ3n) is 3.77. The zero-order valence-corrected chi connectivity index (χ0v) is 14.8. The summed E-state index contributed by atoms with van der Waals surface area (Å²) in [7, 11) is 0. The zero-order chi connectivity index (χ0) is 19.4. The third-order valence-corrected chi connectivity index (χ3v) is 3.77. The number of Topliss-reactive ketones (excluding diaryl/α,β-unsaturated/α-hetero) is 1. The molecule has 0 aromatic carbocycles. The maximum atomic E-state index is 12.8. The normalized spacial score (nSPS) is 17.8. The van der Waals surface area contributed by atoms with Crippen LogP contribution in [0.3, 0.4) is 0 Å². The Hall–Kier alpha value is -1.80. The molecule has 0 aromatic heterocycles. The van der Waals surface area contributed by atoms with E-state index < -0.39 is 41.5 Å². The van der Waals surface area contributed by atoms with E-state index in [9.17, 15) is 27.6 Å². The largest absolute Gasteiger partial charge is 0.465 e. The number of halogens is 3. The van der Waals surface area contributed by atoms with Crippen molar-refractivity contribution in [2.45, 2.75) is 52.3 Å². The second kappa shape index (κ2) is 8.05. The van der Waals surface area contributed by atoms with Crippen molar-refractivity contribution in [2.75, 3.05) is 19.7 Å². The molecule has 1 unspecified atom stereocenters. The molecule has 1 aliphatic heterocycles. The second-order valence-electron chi connectivity index (χ2n) is 6.90. The van der Waals surface area contributed by atoms with Crippen LogP contribution in [0, 0.1) is 11.8 Å². The number of hydrogen-bond acceptors (Lipinski definition) is 5. The Morgan fingerprint density at radius 1 is 1.12 bits per heavy atom. The van der Waals surface area contributed by atoms with E-state index in [1.807, 2.05) is 0 Å². The van der Waals surface area contributed by atoms with E-state index >= 15 is 0 Å². The van der Waals surface area contributed by atoms with Crippen molar-refractivity contribution in [1.29, 1.82) is 0 Å². The van der Waals surface area contributed by atoms with Gasteiger partial charge in [-0.25, -0.2) is 4.79 Å². The Balaban J connectivity index is 2.80. The van der Waals surface area contributed by atoms with Crippen LogP contribution in [-0.2, 0) is 19.1 Å². The molecule has 0 saturated carbocycles. The first kappa shape index (κ1) is 21.2. The maximum Gasteiger partial charge on any atom is 0.450 e. The van der Waals surface area contributed by atoms with Gasteiger partial charge in [-0.1, -0.05) is 0 Å². The molecule has 1 atom stereocenters. The molecule has 0 N–H and O–H groups in total. The van der Waals surface area contributed by atoms with Gasteiger partial charge in [0.25, 0.3) is 5.78 Å². The van der Waals surface area contributed by atoms with Gasteiger partial charge in [0.15, 0.2) is 0 Å². The average molecular weight is 367 g/mol. The van der Waals surface area contributed by atoms with Crippen LogP contribution in [0.5, 0.6) is 0 Å². The van der Waals surface area contributed by atoms with Gasteiger partial charge in [0.05, 0.1) is 6.61 Å². The predicted molar refractivity (Wildman–Crippen MR) is 81.7 cm³/mol. The topological polar surface area (TPSA) is 72.9 Å². The molecular formula is C16H24F3NO5. The van der Waals surface area contributed by atoms with E-state index in [1.165, 1.54) is 11.8 Å². The van der Waals surface area contributed by atoms with Crippen LogP contribution in [0.2, 0.25) is 0 Å². The van der Waals surface area contributed by atoms with Crippen molar-refractivity contribution in [3.05, 3.63) is 0 Å². The number of nitrogens with zero attached hydrogens (tertiary/aromatic N) is 1. The van der Waals surface area contributed by atoms with Gasteiger partial charge in [0, 0.05) is 13.1 Å². The highest BCUT2D eigenvalue weighted by Crippen LogP contribution is 2.32. The van der Waals surface area contributed by atoms with Gasteiger partial charge in [-0.05, 0) is 46.5 Å². The van der Waals surface area contributed by atoms with Crippen molar-refractivity contribution in [3.63, 3.8) is 0 Å². The third kappa shape index (κ3) is 6.21. The standard InChI is InChI=1S/C16H24F3NO5/c1-5-24-13(22)11(12(21)16(17,18)19)10-6-8-20(9-7-10)14(23)25-15(2,3)4/h10-11H,5-9H2,1-4H3. The minimum atomic E-state index is -5.11. The lowest BCUT2D eigenvalue weighted by Gasteiger charge is -2.35. The summed E-state index contributed by atoms with van der Waals surface area (Å²) in [5.41, 5.74) is -0.687. The lowest BCUT2D eigenvalue weighted by Crippen LogP contribution is -2.47. The molecular weight excluding hydrogens is 343 g/mol. The fourth-order valence-electron chi connectivity index (χ4n) is 2.66. The Labute approximate surface area is 144 Å². The van der Waals surface area contributed by atoms with E-state index in [4.69, 9.17) is 4.74 Å². The van der Waals surface area contributed by atoms with Gasteiger partial charge in [-0.2, -0.15) is 13.2 Å². The highest BCUT2D eigenvalue weighted by Gasteiger charge is 2.50. The van der Waals surface area contributed by atoms with Crippen LogP contribution in [0.4, 0.5) is 18.0 Å². The number of alkyl halides is 3. The minimum Gasteiger partial charge on any atom is -0.465 e. The van der Waals surface area contributed by atoms with E-state index in [0.717, 1.165) is 0 Å².